The van der Waals surface area contributed by atoms with E-state index in [1.807, 2.05) is 11.8 Å². The maximum absolute atomic E-state index is 2.33. The highest BCUT2D eigenvalue weighted by atomic mass is 32.2. The van der Waals surface area contributed by atoms with E-state index >= 15 is 0 Å². The predicted octanol–water partition coefficient (Wildman–Crippen LogP) is 5.47. The van der Waals surface area contributed by atoms with Crippen molar-refractivity contribution in [2.24, 2.45) is 0 Å². The molecule has 108 valence electrons. The summed E-state index contributed by atoms with van der Waals surface area (Å²) >= 11 is 1.87. The van der Waals surface area contributed by atoms with E-state index in [1.54, 1.807) is 0 Å². The molecule has 0 aromatic heterocycles. The van der Waals surface area contributed by atoms with Crippen LogP contribution < -0.4 is 4.90 Å². The van der Waals surface area contributed by atoms with Crippen molar-refractivity contribution in [1.29, 1.82) is 0 Å². The van der Waals surface area contributed by atoms with Gasteiger partial charge in [0.25, 0.3) is 0 Å². The van der Waals surface area contributed by atoms with Crippen molar-refractivity contribution in [1.82, 2.24) is 0 Å². The lowest BCUT2D eigenvalue weighted by Gasteiger charge is -2.15. The molecule has 1 heterocycles. The van der Waals surface area contributed by atoms with Gasteiger partial charge in [0.15, 0.2) is 0 Å². The quantitative estimate of drug-likeness (QED) is 0.618. The van der Waals surface area contributed by atoms with Crippen molar-refractivity contribution in [3.05, 3.63) is 83.4 Å². The molecule has 2 heteroatoms. The van der Waals surface area contributed by atoms with Crippen LogP contribution in [0.5, 0.6) is 0 Å². The molecule has 0 radical (unpaired) electrons. The van der Waals surface area contributed by atoms with E-state index in [1.165, 1.54) is 31.9 Å². The van der Waals surface area contributed by atoms with Crippen molar-refractivity contribution >= 4 is 28.2 Å². The number of nitrogens with zero attached hydrogens (tertiary/aromatic N) is 1. The summed E-state index contributed by atoms with van der Waals surface area (Å²) in [4.78, 5) is 3.67. The first-order chi connectivity index (χ1) is 10.8. The van der Waals surface area contributed by atoms with E-state index in [2.05, 4.69) is 84.8 Å². The Morgan fingerprint density at radius 3 is 2.55 bits per heavy atom. The van der Waals surface area contributed by atoms with Crippen molar-refractivity contribution in [2.45, 2.75) is 11.3 Å². The summed E-state index contributed by atoms with van der Waals surface area (Å²) < 4.78 is 0. The number of fused-ring (bicyclic) bond motifs is 3. The molecule has 0 N–H and O–H groups in total. The Morgan fingerprint density at radius 2 is 1.68 bits per heavy atom. The van der Waals surface area contributed by atoms with Gasteiger partial charge >= 0.3 is 0 Å². The van der Waals surface area contributed by atoms with E-state index in [9.17, 15) is 0 Å². The van der Waals surface area contributed by atoms with Crippen molar-refractivity contribution in [2.75, 3.05) is 11.9 Å². The minimum absolute atomic E-state index is 0.972. The molecule has 0 saturated heterocycles. The zero-order chi connectivity index (χ0) is 14.9. The molecule has 0 bridgehead atoms. The maximum Gasteiger partial charge on any atom is 0.0761 e. The molecule has 3 aromatic rings. The van der Waals surface area contributed by atoms with Crippen molar-refractivity contribution in [3.8, 4) is 0 Å². The van der Waals surface area contributed by atoms with Crippen LogP contribution in [0, 0.1) is 0 Å². The number of anilines is 1. The van der Waals surface area contributed by atoms with Crippen molar-refractivity contribution in [3.63, 3.8) is 0 Å². The van der Waals surface area contributed by atoms with Crippen LogP contribution in [0.25, 0.3) is 10.8 Å². The minimum Gasteiger partial charge on any atom is -0.338 e. The third kappa shape index (κ3) is 2.30. The smallest absolute Gasteiger partial charge is 0.0761 e. The lowest BCUT2D eigenvalue weighted by molar-refractivity contribution is 1.15. The van der Waals surface area contributed by atoms with Gasteiger partial charge in [0.2, 0.25) is 0 Å². The zero-order valence-electron chi connectivity index (χ0n) is 12.5. The second-order valence-electron chi connectivity index (χ2n) is 5.53. The molecule has 0 fully saturated rings. The third-order valence-electron chi connectivity index (χ3n) is 4.10. The highest BCUT2D eigenvalue weighted by molar-refractivity contribution is 8.03. The normalized spacial score (nSPS) is 15.5. The Bertz CT molecular complexity index is 852. The Labute approximate surface area is 135 Å². The molecule has 0 unspecified atom stereocenters. The van der Waals surface area contributed by atoms with Crippen LogP contribution in [-0.4, -0.2) is 7.05 Å². The maximum atomic E-state index is 2.33. The molecule has 1 nitrogen and oxygen atoms in total. The third-order valence-corrected chi connectivity index (χ3v) is 5.30. The lowest BCUT2D eigenvalue weighted by Crippen LogP contribution is -2.10. The summed E-state index contributed by atoms with van der Waals surface area (Å²) in [6, 6.07) is 23.7. The van der Waals surface area contributed by atoms with Gasteiger partial charge in [0, 0.05) is 17.3 Å². The topological polar surface area (TPSA) is 3.24 Å². The number of hydrogen-bond acceptors (Lipinski definition) is 2. The van der Waals surface area contributed by atoms with Crippen LogP contribution in [0.4, 0.5) is 5.69 Å². The lowest BCUT2D eigenvalue weighted by atomic mass is 10.1. The first-order valence-electron chi connectivity index (χ1n) is 7.50. The molecule has 3 aromatic carbocycles. The van der Waals surface area contributed by atoms with Gasteiger partial charge in [-0.25, -0.2) is 0 Å². The molecular formula is C20H17NS. The molecule has 0 amide bonds. The second-order valence-corrected chi connectivity index (χ2v) is 6.59. The van der Waals surface area contributed by atoms with Crippen molar-refractivity contribution < 1.29 is 0 Å². The molecule has 0 aliphatic carbocycles. The van der Waals surface area contributed by atoms with Gasteiger partial charge in [-0.05, 0) is 29.5 Å². The summed E-state index contributed by atoms with van der Waals surface area (Å²) in [6.45, 7) is 0. The van der Waals surface area contributed by atoms with Gasteiger partial charge in [-0.3, -0.25) is 0 Å². The van der Waals surface area contributed by atoms with Crippen LogP contribution in [-0.2, 0) is 6.42 Å². The fraction of sp³-hybridized carbons (Fsp3) is 0.100. The number of rotatable bonds is 2. The van der Waals surface area contributed by atoms with E-state index in [-0.39, 0.29) is 0 Å². The van der Waals surface area contributed by atoms with Crippen LogP contribution in [0.2, 0.25) is 0 Å². The highest BCUT2D eigenvalue weighted by Crippen LogP contribution is 2.48. The Balaban J connectivity index is 1.70. The molecular weight excluding hydrogens is 286 g/mol. The number of thioether (sulfide) groups is 1. The predicted molar refractivity (Wildman–Crippen MR) is 96.4 cm³/mol. The van der Waals surface area contributed by atoms with E-state index in [4.69, 9.17) is 0 Å². The van der Waals surface area contributed by atoms with Crippen LogP contribution >= 0.6 is 11.8 Å². The molecule has 0 saturated carbocycles. The standard InChI is InChI=1S/C20H17NS/c1-21-19(14-11-15-7-3-2-4-8-15)22-18-13-12-16-9-5-6-10-17(16)20(18)21/h2-10,12-14H,11H2,1H3. The average Bonchev–Trinajstić information content (AvgIpc) is 2.90. The SMILES string of the molecule is CN1C(=CCc2ccccc2)Sc2ccc3ccccc3c21. The molecule has 0 atom stereocenters. The van der Waals surface area contributed by atoms with Gasteiger partial charge in [0.05, 0.1) is 10.7 Å². The summed E-state index contributed by atoms with van der Waals surface area (Å²) in [5.74, 6) is 0. The first-order valence-corrected chi connectivity index (χ1v) is 8.32. The number of benzene rings is 3. The first kappa shape index (κ1) is 13.5. The van der Waals surface area contributed by atoms with Gasteiger partial charge in [-0.2, -0.15) is 0 Å². The largest absolute Gasteiger partial charge is 0.338 e. The fourth-order valence-electron chi connectivity index (χ4n) is 2.95. The van der Waals surface area contributed by atoms with Gasteiger partial charge in [-0.1, -0.05) is 72.4 Å². The van der Waals surface area contributed by atoms with E-state index in [0.29, 0.717) is 0 Å². The van der Waals surface area contributed by atoms with Crippen LogP contribution in [0.1, 0.15) is 5.56 Å². The summed E-state index contributed by atoms with van der Waals surface area (Å²) in [5, 5.41) is 3.95. The Hall–Kier alpha value is -2.19. The summed E-state index contributed by atoms with van der Waals surface area (Å²) in [7, 11) is 2.17. The average molecular weight is 303 g/mol. The van der Waals surface area contributed by atoms with Gasteiger partial charge in [-0.15, -0.1) is 0 Å². The van der Waals surface area contributed by atoms with Crippen LogP contribution in [0.15, 0.2) is 82.7 Å². The van der Waals surface area contributed by atoms with E-state index in [0.717, 1.165) is 6.42 Å². The second kappa shape index (κ2) is 5.54. The Kier molecular flexibility index (Phi) is 3.39. The van der Waals surface area contributed by atoms with Gasteiger partial charge < -0.3 is 4.90 Å². The molecule has 22 heavy (non-hydrogen) atoms. The number of allylic oxidation sites excluding steroid dienone is 1. The molecule has 4 rings (SSSR count). The fourth-order valence-corrected chi connectivity index (χ4v) is 4.05. The molecule has 0 spiro atoms. The summed E-state index contributed by atoms with van der Waals surface area (Å²) in [5.41, 5.74) is 2.69. The van der Waals surface area contributed by atoms with Crippen LogP contribution in [0.3, 0.4) is 0 Å². The van der Waals surface area contributed by atoms with E-state index < -0.39 is 0 Å². The number of hydrogen-bond donors (Lipinski definition) is 0. The monoisotopic (exact) mass is 303 g/mol. The molecule has 1 aliphatic heterocycles. The summed E-state index contributed by atoms with van der Waals surface area (Å²) in [6.07, 6.45) is 3.30. The Morgan fingerprint density at radius 1 is 0.909 bits per heavy atom. The zero-order valence-corrected chi connectivity index (χ0v) is 13.3. The highest BCUT2D eigenvalue weighted by Gasteiger charge is 2.23. The van der Waals surface area contributed by atoms with Gasteiger partial charge in [0.1, 0.15) is 0 Å². The minimum atomic E-state index is 0.972. The molecule has 1 aliphatic rings.